The predicted molar refractivity (Wildman–Crippen MR) is 83.8 cm³/mol. The minimum Gasteiger partial charge on any atom is -0.368 e. The average molecular weight is 260 g/mol. The first-order valence-electron chi connectivity index (χ1n) is 7.83. The topological polar surface area (TPSA) is 15.3 Å². The van der Waals surface area contributed by atoms with Crippen LogP contribution in [-0.2, 0) is 6.54 Å². The van der Waals surface area contributed by atoms with Crippen molar-refractivity contribution >= 4 is 5.69 Å². The van der Waals surface area contributed by atoms with Crippen molar-refractivity contribution in [2.75, 3.05) is 18.0 Å². The number of hydrogen-bond acceptors (Lipinski definition) is 2. The number of nitrogens with one attached hydrogen (secondary N) is 1. The molecule has 0 saturated heterocycles. The molecule has 1 saturated carbocycles. The molecule has 0 bridgehead atoms. The molecule has 1 aliphatic carbocycles. The first-order valence-corrected chi connectivity index (χ1v) is 7.83. The molecule has 2 rings (SSSR count). The van der Waals surface area contributed by atoms with Crippen LogP contribution in [0.25, 0.3) is 0 Å². The largest absolute Gasteiger partial charge is 0.368 e. The van der Waals surface area contributed by atoms with Crippen molar-refractivity contribution in [2.24, 2.45) is 0 Å². The van der Waals surface area contributed by atoms with Crippen LogP contribution in [0, 0.1) is 6.92 Å². The van der Waals surface area contributed by atoms with Gasteiger partial charge in [-0.1, -0.05) is 32.4 Å². The first kappa shape index (κ1) is 14.4. The highest BCUT2D eigenvalue weighted by Crippen LogP contribution is 2.34. The summed E-state index contributed by atoms with van der Waals surface area (Å²) < 4.78 is 0. The number of nitrogens with zero attached hydrogens (tertiary/aromatic N) is 1. The van der Waals surface area contributed by atoms with Gasteiger partial charge in [-0.2, -0.15) is 0 Å². The van der Waals surface area contributed by atoms with E-state index in [0.29, 0.717) is 0 Å². The standard InChI is InChI=1S/C17H28N2/c1-4-6-11-19(16-8-9-16)17-10-7-15(12-14(17)3)13-18-5-2/h7,10,12,16,18H,4-6,8-9,11,13H2,1-3H3. The van der Waals surface area contributed by atoms with Gasteiger partial charge in [-0.3, -0.25) is 0 Å². The molecule has 0 radical (unpaired) electrons. The molecule has 0 amide bonds. The lowest BCUT2D eigenvalue weighted by atomic mass is 10.1. The Bertz CT molecular complexity index is 396. The van der Waals surface area contributed by atoms with Gasteiger partial charge >= 0.3 is 0 Å². The van der Waals surface area contributed by atoms with Crippen LogP contribution in [0.1, 0.15) is 50.7 Å². The highest BCUT2D eigenvalue weighted by atomic mass is 15.2. The Kier molecular flexibility index (Phi) is 5.26. The van der Waals surface area contributed by atoms with Crippen LogP contribution in [0.5, 0.6) is 0 Å². The van der Waals surface area contributed by atoms with E-state index in [9.17, 15) is 0 Å². The lowest BCUT2D eigenvalue weighted by Gasteiger charge is -2.26. The summed E-state index contributed by atoms with van der Waals surface area (Å²) in [5, 5.41) is 3.40. The average Bonchev–Trinajstić information content (AvgIpc) is 3.23. The van der Waals surface area contributed by atoms with Gasteiger partial charge in [0.25, 0.3) is 0 Å². The van der Waals surface area contributed by atoms with Gasteiger partial charge in [-0.25, -0.2) is 0 Å². The van der Waals surface area contributed by atoms with Crippen LogP contribution < -0.4 is 10.2 Å². The zero-order valence-electron chi connectivity index (χ0n) is 12.7. The second-order valence-electron chi connectivity index (χ2n) is 5.68. The molecule has 0 atom stereocenters. The van der Waals surface area contributed by atoms with Crippen molar-refractivity contribution < 1.29 is 0 Å². The summed E-state index contributed by atoms with van der Waals surface area (Å²) in [4.78, 5) is 2.63. The van der Waals surface area contributed by atoms with Crippen molar-refractivity contribution in [3.63, 3.8) is 0 Å². The zero-order chi connectivity index (χ0) is 13.7. The van der Waals surface area contributed by atoms with E-state index < -0.39 is 0 Å². The van der Waals surface area contributed by atoms with Crippen molar-refractivity contribution in [2.45, 2.75) is 59.0 Å². The molecule has 2 heteroatoms. The Morgan fingerprint density at radius 3 is 2.63 bits per heavy atom. The van der Waals surface area contributed by atoms with Crippen molar-refractivity contribution in [1.82, 2.24) is 5.32 Å². The van der Waals surface area contributed by atoms with E-state index in [-0.39, 0.29) is 0 Å². The van der Waals surface area contributed by atoms with E-state index in [2.05, 4.69) is 49.2 Å². The van der Waals surface area contributed by atoms with E-state index in [1.165, 1.54) is 49.0 Å². The Morgan fingerprint density at radius 2 is 2.05 bits per heavy atom. The van der Waals surface area contributed by atoms with Crippen LogP contribution in [0.2, 0.25) is 0 Å². The van der Waals surface area contributed by atoms with E-state index in [1.54, 1.807) is 0 Å². The Morgan fingerprint density at radius 1 is 1.26 bits per heavy atom. The second-order valence-corrected chi connectivity index (χ2v) is 5.68. The van der Waals surface area contributed by atoms with Gasteiger partial charge < -0.3 is 10.2 Å². The number of hydrogen-bond donors (Lipinski definition) is 1. The summed E-state index contributed by atoms with van der Waals surface area (Å²) in [5.41, 5.74) is 4.28. The predicted octanol–water partition coefficient (Wildman–Crippen LogP) is 3.87. The molecule has 1 N–H and O–H groups in total. The number of anilines is 1. The maximum atomic E-state index is 3.40. The molecule has 1 aliphatic rings. The number of aryl methyl sites for hydroxylation is 1. The molecule has 0 aliphatic heterocycles. The molecule has 1 aromatic rings. The van der Waals surface area contributed by atoms with E-state index in [1.807, 2.05) is 0 Å². The molecular formula is C17H28N2. The quantitative estimate of drug-likeness (QED) is 0.763. The minimum absolute atomic E-state index is 0.810. The third-order valence-electron chi connectivity index (χ3n) is 3.89. The van der Waals surface area contributed by atoms with Crippen LogP contribution in [0.4, 0.5) is 5.69 Å². The van der Waals surface area contributed by atoms with Crippen molar-refractivity contribution in [3.8, 4) is 0 Å². The highest BCUT2D eigenvalue weighted by Gasteiger charge is 2.29. The molecule has 19 heavy (non-hydrogen) atoms. The molecule has 1 fully saturated rings. The van der Waals surface area contributed by atoms with Crippen molar-refractivity contribution in [1.29, 1.82) is 0 Å². The smallest absolute Gasteiger partial charge is 0.0398 e. The molecular weight excluding hydrogens is 232 g/mol. The molecule has 106 valence electrons. The molecule has 2 nitrogen and oxygen atoms in total. The molecule has 0 spiro atoms. The Labute approximate surface area is 118 Å². The van der Waals surface area contributed by atoms with Crippen LogP contribution >= 0.6 is 0 Å². The second kappa shape index (κ2) is 6.95. The summed E-state index contributed by atoms with van der Waals surface area (Å²) in [5.74, 6) is 0. The lowest BCUT2D eigenvalue weighted by molar-refractivity contribution is 0.708. The lowest BCUT2D eigenvalue weighted by Crippen LogP contribution is -2.27. The fraction of sp³-hybridized carbons (Fsp3) is 0.647. The fourth-order valence-corrected chi connectivity index (χ4v) is 2.63. The highest BCUT2D eigenvalue weighted by molar-refractivity contribution is 5.56. The zero-order valence-corrected chi connectivity index (χ0v) is 12.7. The summed E-state index contributed by atoms with van der Waals surface area (Å²) in [6.45, 7) is 9.92. The maximum absolute atomic E-state index is 3.40. The number of benzene rings is 1. The van der Waals surface area contributed by atoms with E-state index in [0.717, 1.165) is 19.1 Å². The van der Waals surface area contributed by atoms with Crippen LogP contribution in [0.3, 0.4) is 0 Å². The maximum Gasteiger partial charge on any atom is 0.0398 e. The summed E-state index contributed by atoms with van der Waals surface area (Å²) >= 11 is 0. The Hall–Kier alpha value is -1.02. The van der Waals surface area contributed by atoms with Gasteiger partial charge in [0, 0.05) is 24.8 Å². The van der Waals surface area contributed by atoms with Crippen molar-refractivity contribution in [3.05, 3.63) is 29.3 Å². The minimum atomic E-state index is 0.810. The van der Waals surface area contributed by atoms with E-state index >= 15 is 0 Å². The van der Waals surface area contributed by atoms with Gasteiger partial charge in [-0.05, 0) is 49.9 Å². The van der Waals surface area contributed by atoms with Gasteiger partial charge in [0.1, 0.15) is 0 Å². The summed E-state index contributed by atoms with van der Waals surface area (Å²) in [7, 11) is 0. The SMILES string of the molecule is CCCCN(c1ccc(CNCC)cc1C)C1CC1. The third kappa shape index (κ3) is 3.97. The first-order chi connectivity index (χ1) is 9.26. The summed E-state index contributed by atoms with van der Waals surface area (Å²) in [6.07, 6.45) is 5.33. The molecule has 0 unspecified atom stereocenters. The van der Waals surface area contributed by atoms with Crippen LogP contribution in [-0.4, -0.2) is 19.1 Å². The number of unbranched alkanes of at least 4 members (excludes halogenated alkanes) is 1. The summed E-state index contributed by atoms with van der Waals surface area (Å²) in [6, 6.07) is 7.77. The van der Waals surface area contributed by atoms with Gasteiger partial charge in [0.15, 0.2) is 0 Å². The van der Waals surface area contributed by atoms with Crippen LogP contribution in [0.15, 0.2) is 18.2 Å². The van der Waals surface area contributed by atoms with Gasteiger partial charge in [0.2, 0.25) is 0 Å². The van der Waals surface area contributed by atoms with E-state index in [4.69, 9.17) is 0 Å². The fourth-order valence-electron chi connectivity index (χ4n) is 2.63. The normalized spacial score (nSPS) is 14.7. The van der Waals surface area contributed by atoms with Gasteiger partial charge in [0.05, 0.1) is 0 Å². The monoisotopic (exact) mass is 260 g/mol. The molecule has 1 aromatic carbocycles. The van der Waals surface area contributed by atoms with Gasteiger partial charge in [-0.15, -0.1) is 0 Å². The third-order valence-corrected chi connectivity index (χ3v) is 3.89. The Balaban J connectivity index is 2.08. The molecule has 0 heterocycles. The number of rotatable bonds is 8. The molecule has 0 aromatic heterocycles.